The number of hydrogen-bond acceptors (Lipinski definition) is 5. The number of nitrogens with zero attached hydrogens (tertiary/aromatic N) is 3. The Morgan fingerprint density at radius 3 is 3.00 bits per heavy atom. The molecule has 1 aromatic heterocycles. The van der Waals surface area contributed by atoms with Gasteiger partial charge in [0, 0.05) is 45.2 Å². The van der Waals surface area contributed by atoms with Crippen molar-refractivity contribution in [2.75, 3.05) is 38.3 Å². The van der Waals surface area contributed by atoms with Crippen LogP contribution < -0.4 is 10.2 Å². The second-order valence-electron chi connectivity index (χ2n) is 5.01. The number of methoxy groups -OCH3 is 1. The van der Waals surface area contributed by atoms with Crippen molar-refractivity contribution in [3.8, 4) is 0 Å². The summed E-state index contributed by atoms with van der Waals surface area (Å²) in [4.78, 5) is 11.3. The van der Waals surface area contributed by atoms with Crippen LogP contribution in [0, 0.1) is 6.92 Å². The molecule has 0 aromatic carbocycles. The molecule has 1 aliphatic rings. The second kappa shape index (κ2) is 7.40. The molecule has 1 N–H and O–H groups in total. The van der Waals surface area contributed by atoms with Crippen molar-refractivity contribution in [2.24, 2.45) is 0 Å². The molecule has 2 heterocycles. The fourth-order valence-corrected chi connectivity index (χ4v) is 2.62. The third-order valence-corrected chi connectivity index (χ3v) is 3.62. The largest absolute Gasteiger partial charge is 0.383 e. The number of rotatable bonds is 6. The lowest BCUT2D eigenvalue weighted by molar-refractivity contribution is 0.198. The molecule has 0 bridgehead atoms. The molecule has 5 nitrogen and oxygen atoms in total. The Balaban J connectivity index is 1.98. The van der Waals surface area contributed by atoms with Crippen molar-refractivity contribution >= 4 is 5.82 Å². The highest BCUT2D eigenvalue weighted by Gasteiger charge is 2.24. The van der Waals surface area contributed by atoms with Gasteiger partial charge < -0.3 is 15.0 Å². The van der Waals surface area contributed by atoms with E-state index in [2.05, 4.69) is 20.2 Å². The molecule has 1 unspecified atom stereocenters. The number of piperidine rings is 1. The monoisotopic (exact) mass is 264 g/mol. The molecule has 1 aromatic rings. The molecule has 5 heteroatoms. The Hall–Kier alpha value is -1.20. The fraction of sp³-hybridized carbons (Fsp3) is 0.714. The first-order chi connectivity index (χ1) is 9.33. The van der Waals surface area contributed by atoms with Crippen LogP contribution in [0.2, 0.25) is 0 Å². The third kappa shape index (κ3) is 3.88. The van der Waals surface area contributed by atoms with Crippen molar-refractivity contribution < 1.29 is 4.74 Å². The van der Waals surface area contributed by atoms with Gasteiger partial charge in [0.15, 0.2) is 0 Å². The lowest BCUT2D eigenvalue weighted by atomic mass is 10.0. The first-order valence-electron chi connectivity index (χ1n) is 7.07. The number of aryl methyl sites for hydroxylation is 1. The Bertz CT molecular complexity index is 385. The quantitative estimate of drug-likeness (QED) is 0.787. The van der Waals surface area contributed by atoms with Gasteiger partial charge in [-0.1, -0.05) is 0 Å². The lowest BCUT2D eigenvalue weighted by Gasteiger charge is -2.37. The molecule has 106 valence electrons. The van der Waals surface area contributed by atoms with Crippen molar-refractivity contribution in [1.82, 2.24) is 15.3 Å². The maximum Gasteiger partial charge on any atom is 0.150 e. The molecule has 19 heavy (non-hydrogen) atoms. The normalized spacial score (nSPS) is 19.7. The van der Waals surface area contributed by atoms with Crippen LogP contribution in [0.3, 0.4) is 0 Å². The maximum atomic E-state index is 5.06. The lowest BCUT2D eigenvalue weighted by Crippen LogP contribution is -2.46. The summed E-state index contributed by atoms with van der Waals surface area (Å²) in [5.74, 6) is 1.04. The second-order valence-corrected chi connectivity index (χ2v) is 5.01. The summed E-state index contributed by atoms with van der Waals surface area (Å²) in [6.07, 6.45) is 7.30. The van der Waals surface area contributed by atoms with Gasteiger partial charge in [-0.2, -0.15) is 0 Å². The fourth-order valence-electron chi connectivity index (χ4n) is 2.62. The zero-order valence-corrected chi connectivity index (χ0v) is 11.9. The molecule has 0 amide bonds. The molecular formula is C14H24N4O. The van der Waals surface area contributed by atoms with E-state index in [4.69, 9.17) is 4.74 Å². The van der Waals surface area contributed by atoms with Gasteiger partial charge in [0.05, 0.1) is 12.3 Å². The van der Waals surface area contributed by atoms with Crippen LogP contribution in [0.4, 0.5) is 5.82 Å². The number of ether oxygens (including phenoxy) is 1. The van der Waals surface area contributed by atoms with Crippen LogP contribution in [0.1, 0.15) is 25.0 Å². The summed E-state index contributed by atoms with van der Waals surface area (Å²) < 4.78 is 5.06. The van der Waals surface area contributed by atoms with E-state index in [9.17, 15) is 0 Å². The zero-order valence-electron chi connectivity index (χ0n) is 11.9. The van der Waals surface area contributed by atoms with Gasteiger partial charge >= 0.3 is 0 Å². The van der Waals surface area contributed by atoms with E-state index >= 15 is 0 Å². The molecule has 0 saturated carbocycles. The van der Waals surface area contributed by atoms with Crippen molar-refractivity contribution in [3.05, 3.63) is 18.1 Å². The van der Waals surface area contributed by atoms with E-state index < -0.39 is 0 Å². The van der Waals surface area contributed by atoms with Crippen LogP contribution in [-0.2, 0) is 4.74 Å². The number of aromatic nitrogens is 2. The van der Waals surface area contributed by atoms with E-state index in [1.165, 1.54) is 19.3 Å². The van der Waals surface area contributed by atoms with E-state index in [0.29, 0.717) is 6.04 Å². The molecule has 1 saturated heterocycles. The first kappa shape index (κ1) is 14.2. The van der Waals surface area contributed by atoms with Crippen LogP contribution in [-0.4, -0.2) is 49.4 Å². The van der Waals surface area contributed by atoms with Gasteiger partial charge in [0.25, 0.3) is 0 Å². The van der Waals surface area contributed by atoms with Crippen molar-refractivity contribution in [3.63, 3.8) is 0 Å². The molecular weight excluding hydrogens is 240 g/mol. The number of anilines is 1. The minimum absolute atomic E-state index is 0.515. The van der Waals surface area contributed by atoms with E-state index in [-0.39, 0.29) is 0 Å². The van der Waals surface area contributed by atoms with E-state index in [0.717, 1.165) is 37.8 Å². The number of nitrogens with one attached hydrogen (secondary N) is 1. The molecule has 1 aliphatic heterocycles. The average molecular weight is 264 g/mol. The van der Waals surface area contributed by atoms with E-state index in [1.54, 1.807) is 19.5 Å². The van der Waals surface area contributed by atoms with Gasteiger partial charge in [-0.3, -0.25) is 4.98 Å². The predicted octanol–water partition coefficient (Wildman–Crippen LogP) is 1.38. The molecule has 2 rings (SSSR count). The SMILES string of the molecule is COCCNCC1CCCCN1c1nccnc1C. The van der Waals surface area contributed by atoms with Gasteiger partial charge in [0.1, 0.15) is 5.82 Å². The van der Waals surface area contributed by atoms with Crippen molar-refractivity contribution in [1.29, 1.82) is 0 Å². The summed E-state index contributed by atoms with van der Waals surface area (Å²) in [5, 5.41) is 3.46. The smallest absolute Gasteiger partial charge is 0.150 e. The Labute approximate surface area is 115 Å². The van der Waals surface area contributed by atoms with E-state index in [1.807, 2.05) is 6.92 Å². The Morgan fingerprint density at radius 2 is 2.21 bits per heavy atom. The van der Waals surface area contributed by atoms with Crippen molar-refractivity contribution in [2.45, 2.75) is 32.2 Å². The van der Waals surface area contributed by atoms with Crippen LogP contribution in [0.25, 0.3) is 0 Å². The number of hydrogen-bond donors (Lipinski definition) is 1. The third-order valence-electron chi connectivity index (χ3n) is 3.62. The summed E-state index contributed by atoms with van der Waals surface area (Å²) in [7, 11) is 1.73. The topological polar surface area (TPSA) is 50.3 Å². The summed E-state index contributed by atoms with van der Waals surface area (Å²) in [6.45, 7) is 5.76. The summed E-state index contributed by atoms with van der Waals surface area (Å²) >= 11 is 0. The van der Waals surface area contributed by atoms with Gasteiger partial charge in [-0.15, -0.1) is 0 Å². The highest BCUT2D eigenvalue weighted by molar-refractivity contribution is 5.44. The first-order valence-corrected chi connectivity index (χ1v) is 7.07. The highest BCUT2D eigenvalue weighted by atomic mass is 16.5. The van der Waals surface area contributed by atoms with Gasteiger partial charge in [0.2, 0.25) is 0 Å². The molecule has 1 fully saturated rings. The average Bonchev–Trinajstić information content (AvgIpc) is 2.45. The maximum absolute atomic E-state index is 5.06. The molecule has 1 atom stereocenters. The Morgan fingerprint density at radius 1 is 1.37 bits per heavy atom. The Kier molecular flexibility index (Phi) is 5.54. The minimum atomic E-state index is 0.515. The minimum Gasteiger partial charge on any atom is -0.383 e. The van der Waals surface area contributed by atoms with Crippen LogP contribution in [0.15, 0.2) is 12.4 Å². The highest BCUT2D eigenvalue weighted by Crippen LogP contribution is 2.24. The van der Waals surface area contributed by atoms with Crippen LogP contribution >= 0.6 is 0 Å². The molecule has 0 radical (unpaired) electrons. The molecule has 0 spiro atoms. The summed E-state index contributed by atoms with van der Waals surface area (Å²) in [5.41, 5.74) is 1.02. The van der Waals surface area contributed by atoms with Gasteiger partial charge in [-0.05, 0) is 26.2 Å². The zero-order chi connectivity index (χ0) is 13.5. The van der Waals surface area contributed by atoms with Gasteiger partial charge in [-0.25, -0.2) is 4.98 Å². The molecule has 0 aliphatic carbocycles. The summed E-state index contributed by atoms with van der Waals surface area (Å²) in [6, 6.07) is 0.515. The predicted molar refractivity (Wildman–Crippen MR) is 76.5 cm³/mol. The standard InChI is InChI=1S/C14H24N4O/c1-12-14(17-7-6-16-12)18-9-4-3-5-13(18)11-15-8-10-19-2/h6-7,13,15H,3-5,8-11H2,1-2H3. The van der Waals surface area contributed by atoms with Crippen LogP contribution in [0.5, 0.6) is 0 Å².